The Morgan fingerprint density at radius 2 is 1.35 bits per heavy atom. The van der Waals surface area contributed by atoms with E-state index < -0.39 is 0 Å². The summed E-state index contributed by atoms with van der Waals surface area (Å²) in [6.07, 6.45) is 0.505. The topological polar surface area (TPSA) is 23.6 Å². The standard InChI is InChI=1S/C20H24N2O/c1-16-3-7-18(8-4-16)15-20(23)22-13-11-21(12-14-22)19-9-5-17(2)6-10-19/h3-10H,11-15H2,1-2H3. The quantitative estimate of drug-likeness (QED) is 0.869. The average Bonchev–Trinajstić information content (AvgIpc) is 2.58. The fourth-order valence-electron chi connectivity index (χ4n) is 2.96. The Hall–Kier alpha value is -2.29. The summed E-state index contributed by atoms with van der Waals surface area (Å²) in [5, 5.41) is 0. The molecule has 0 unspecified atom stereocenters. The number of rotatable bonds is 3. The first kappa shape index (κ1) is 15.6. The number of amides is 1. The second-order valence-electron chi connectivity index (χ2n) is 6.37. The Labute approximate surface area is 138 Å². The SMILES string of the molecule is Cc1ccc(CC(=O)N2CCN(c3ccc(C)cc3)CC2)cc1. The second kappa shape index (κ2) is 6.86. The highest BCUT2D eigenvalue weighted by Crippen LogP contribution is 2.17. The first-order chi connectivity index (χ1) is 11.1. The van der Waals surface area contributed by atoms with Crippen LogP contribution >= 0.6 is 0 Å². The highest BCUT2D eigenvalue weighted by atomic mass is 16.2. The fourth-order valence-corrected chi connectivity index (χ4v) is 2.96. The number of hydrogen-bond donors (Lipinski definition) is 0. The molecule has 3 heteroatoms. The maximum absolute atomic E-state index is 12.4. The van der Waals surface area contributed by atoms with E-state index in [1.54, 1.807) is 0 Å². The minimum absolute atomic E-state index is 0.234. The van der Waals surface area contributed by atoms with Crippen molar-refractivity contribution in [2.24, 2.45) is 0 Å². The van der Waals surface area contributed by atoms with Gasteiger partial charge in [0.25, 0.3) is 0 Å². The summed E-state index contributed by atoms with van der Waals surface area (Å²) < 4.78 is 0. The van der Waals surface area contributed by atoms with Crippen LogP contribution in [0.3, 0.4) is 0 Å². The van der Waals surface area contributed by atoms with E-state index in [1.807, 2.05) is 4.90 Å². The molecule has 3 nitrogen and oxygen atoms in total. The van der Waals surface area contributed by atoms with Gasteiger partial charge in [0.05, 0.1) is 6.42 Å². The first-order valence-electron chi connectivity index (χ1n) is 8.27. The molecular weight excluding hydrogens is 284 g/mol. The molecule has 2 aromatic rings. The summed E-state index contributed by atoms with van der Waals surface area (Å²) in [6, 6.07) is 16.9. The molecule has 0 spiro atoms. The van der Waals surface area contributed by atoms with Crippen molar-refractivity contribution in [2.75, 3.05) is 31.1 Å². The van der Waals surface area contributed by atoms with Gasteiger partial charge >= 0.3 is 0 Å². The molecule has 23 heavy (non-hydrogen) atoms. The van der Waals surface area contributed by atoms with Gasteiger partial charge in [-0.2, -0.15) is 0 Å². The molecule has 1 saturated heterocycles. The number of hydrogen-bond acceptors (Lipinski definition) is 2. The monoisotopic (exact) mass is 308 g/mol. The summed E-state index contributed by atoms with van der Waals surface area (Å²) in [7, 11) is 0. The lowest BCUT2D eigenvalue weighted by atomic mass is 10.1. The van der Waals surface area contributed by atoms with E-state index in [9.17, 15) is 4.79 Å². The average molecular weight is 308 g/mol. The highest BCUT2D eigenvalue weighted by molar-refractivity contribution is 5.79. The molecule has 0 bridgehead atoms. The van der Waals surface area contributed by atoms with Crippen LogP contribution in [0.2, 0.25) is 0 Å². The lowest BCUT2D eigenvalue weighted by Crippen LogP contribution is -2.49. The van der Waals surface area contributed by atoms with Crippen molar-refractivity contribution in [3.63, 3.8) is 0 Å². The molecular formula is C20H24N2O. The van der Waals surface area contributed by atoms with E-state index in [-0.39, 0.29) is 5.91 Å². The Bertz CT molecular complexity index is 653. The predicted molar refractivity (Wildman–Crippen MR) is 94.9 cm³/mol. The number of anilines is 1. The summed E-state index contributed by atoms with van der Waals surface area (Å²) in [4.78, 5) is 16.8. The Kier molecular flexibility index (Phi) is 4.65. The molecule has 0 aromatic heterocycles. The van der Waals surface area contributed by atoms with Crippen LogP contribution in [0.4, 0.5) is 5.69 Å². The molecule has 0 atom stereocenters. The molecule has 1 heterocycles. The van der Waals surface area contributed by atoms with Gasteiger partial charge in [0.2, 0.25) is 5.91 Å². The van der Waals surface area contributed by atoms with Crippen molar-refractivity contribution >= 4 is 11.6 Å². The molecule has 0 aliphatic carbocycles. The van der Waals surface area contributed by atoms with E-state index >= 15 is 0 Å². The van der Waals surface area contributed by atoms with Gasteiger partial charge in [0.15, 0.2) is 0 Å². The Balaban J connectivity index is 1.54. The third kappa shape index (κ3) is 3.92. The van der Waals surface area contributed by atoms with Gasteiger partial charge in [-0.1, -0.05) is 47.5 Å². The van der Waals surface area contributed by atoms with Crippen molar-refractivity contribution in [1.82, 2.24) is 4.90 Å². The lowest BCUT2D eigenvalue weighted by molar-refractivity contribution is -0.130. The van der Waals surface area contributed by atoms with Gasteiger partial charge in [0.1, 0.15) is 0 Å². The number of carbonyl (C=O) groups excluding carboxylic acids is 1. The smallest absolute Gasteiger partial charge is 0.227 e. The van der Waals surface area contributed by atoms with Crippen molar-refractivity contribution in [3.05, 3.63) is 65.2 Å². The van der Waals surface area contributed by atoms with Crippen molar-refractivity contribution in [3.8, 4) is 0 Å². The zero-order valence-electron chi connectivity index (χ0n) is 14.0. The highest BCUT2D eigenvalue weighted by Gasteiger charge is 2.21. The van der Waals surface area contributed by atoms with Gasteiger partial charge in [0, 0.05) is 31.9 Å². The van der Waals surface area contributed by atoms with Crippen LogP contribution < -0.4 is 4.90 Å². The molecule has 1 aliphatic rings. The van der Waals surface area contributed by atoms with Crippen LogP contribution in [0, 0.1) is 13.8 Å². The molecule has 1 aliphatic heterocycles. The molecule has 1 fully saturated rings. The number of piperazine rings is 1. The van der Waals surface area contributed by atoms with Gasteiger partial charge in [-0.05, 0) is 31.5 Å². The zero-order valence-corrected chi connectivity index (χ0v) is 14.0. The minimum Gasteiger partial charge on any atom is -0.368 e. The first-order valence-corrected chi connectivity index (χ1v) is 8.27. The Morgan fingerprint density at radius 3 is 1.91 bits per heavy atom. The fraction of sp³-hybridized carbons (Fsp3) is 0.350. The van der Waals surface area contributed by atoms with Crippen LogP contribution in [-0.4, -0.2) is 37.0 Å². The molecule has 3 rings (SSSR count). The second-order valence-corrected chi connectivity index (χ2v) is 6.37. The van der Waals surface area contributed by atoms with Gasteiger partial charge in [-0.3, -0.25) is 4.79 Å². The number of aryl methyl sites for hydroxylation is 2. The van der Waals surface area contributed by atoms with Crippen molar-refractivity contribution < 1.29 is 4.79 Å². The molecule has 2 aromatic carbocycles. The molecule has 0 radical (unpaired) electrons. The van der Waals surface area contributed by atoms with Crippen molar-refractivity contribution in [1.29, 1.82) is 0 Å². The van der Waals surface area contributed by atoms with Gasteiger partial charge in [-0.15, -0.1) is 0 Å². The Morgan fingerprint density at radius 1 is 0.826 bits per heavy atom. The summed E-state index contributed by atoms with van der Waals surface area (Å²) >= 11 is 0. The minimum atomic E-state index is 0.234. The lowest BCUT2D eigenvalue weighted by Gasteiger charge is -2.36. The van der Waals surface area contributed by atoms with Gasteiger partial charge < -0.3 is 9.80 Å². The van der Waals surface area contributed by atoms with Crippen LogP contribution in [0.5, 0.6) is 0 Å². The number of benzene rings is 2. The van der Waals surface area contributed by atoms with E-state index in [2.05, 4.69) is 67.3 Å². The molecule has 1 amide bonds. The largest absolute Gasteiger partial charge is 0.368 e. The van der Waals surface area contributed by atoms with Crippen LogP contribution in [0.1, 0.15) is 16.7 Å². The van der Waals surface area contributed by atoms with E-state index in [0.29, 0.717) is 6.42 Å². The molecule has 120 valence electrons. The van der Waals surface area contributed by atoms with E-state index in [0.717, 1.165) is 31.7 Å². The van der Waals surface area contributed by atoms with Gasteiger partial charge in [-0.25, -0.2) is 0 Å². The zero-order chi connectivity index (χ0) is 16.2. The van der Waals surface area contributed by atoms with Crippen LogP contribution in [-0.2, 0) is 11.2 Å². The summed E-state index contributed by atoms with van der Waals surface area (Å²) in [5.41, 5.74) is 4.86. The van der Waals surface area contributed by atoms with E-state index in [1.165, 1.54) is 16.8 Å². The number of nitrogens with zero attached hydrogens (tertiary/aromatic N) is 2. The van der Waals surface area contributed by atoms with Crippen LogP contribution in [0.25, 0.3) is 0 Å². The maximum atomic E-state index is 12.4. The maximum Gasteiger partial charge on any atom is 0.227 e. The summed E-state index contributed by atoms with van der Waals surface area (Å²) in [6.45, 7) is 7.59. The van der Waals surface area contributed by atoms with Crippen LogP contribution in [0.15, 0.2) is 48.5 Å². The normalized spacial score (nSPS) is 14.9. The predicted octanol–water partition coefficient (Wildman–Crippen LogP) is 3.19. The molecule has 0 saturated carbocycles. The third-order valence-corrected chi connectivity index (χ3v) is 4.51. The number of carbonyl (C=O) groups is 1. The summed E-state index contributed by atoms with van der Waals surface area (Å²) in [5.74, 6) is 0.234. The third-order valence-electron chi connectivity index (χ3n) is 4.51. The van der Waals surface area contributed by atoms with E-state index in [4.69, 9.17) is 0 Å². The van der Waals surface area contributed by atoms with Crippen molar-refractivity contribution in [2.45, 2.75) is 20.3 Å². The molecule has 0 N–H and O–H groups in total.